The molecule has 0 aliphatic heterocycles. The highest BCUT2D eigenvalue weighted by Gasteiger charge is 2.65. The number of rotatable bonds is 4. The molecule has 1 saturated carbocycles. The Hall–Kier alpha value is -4.19. The van der Waals surface area contributed by atoms with Gasteiger partial charge >= 0.3 is 5.97 Å². The summed E-state index contributed by atoms with van der Waals surface area (Å²) in [6.07, 6.45) is -1.65. The number of carbonyl (C=O) groups is 4. The number of phenolic OH excluding ortho intramolecular Hbond substituents is 1. The Kier molecular flexibility index (Phi) is 6.48. The van der Waals surface area contributed by atoms with E-state index in [-0.39, 0.29) is 28.1 Å². The Bertz CT molecular complexity index is 1550. The van der Waals surface area contributed by atoms with Gasteiger partial charge in [0.05, 0.1) is 17.2 Å². The molecule has 40 heavy (non-hydrogen) atoms. The number of primary amides is 1. The van der Waals surface area contributed by atoms with E-state index in [9.17, 15) is 39.6 Å². The fourth-order valence-corrected chi connectivity index (χ4v) is 6.38. The second-order valence-electron chi connectivity index (χ2n) is 10.2. The molecule has 0 radical (unpaired) electrons. The number of ketones is 2. The molecule has 0 saturated heterocycles. The van der Waals surface area contributed by atoms with E-state index in [0.717, 1.165) is 0 Å². The average molecular weight is 569 g/mol. The van der Waals surface area contributed by atoms with Crippen LogP contribution in [0.2, 0.25) is 5.02 Å². The molecule has 5 rings (SSSR count). The number of benzene rings is 2. The molecule has 2 aromatic rings. The fourth-order valence-electron chi connectivity index (χ4n) is 6.12. The molecule has 1 amide bonds. The Morgan fingerprint density at radius 2 is 1.73 bits per heavy atom. The number of aromatic hydroxyl groups is 1. The summed E-state index contributed by atoms with van der Waals surface area (Å²) in [4.78, 5) is 54.1. The van der Waals surface area contributed by atoms with E-state index in [1.54, 1.807) is 18.2 Å². The lowest BCUT2D eigenvalue weighted by molar-refractivity contribution is -0.156. The third-order valence-corrected chi connectivity index (χ3v) is 8.19. The summed E-state index contributed by atoms with van der Waals surface area (Å²) in [7, 11) is 2.96. The molecule has 3 aliphatic carbocycles. The Morgan fingerprint density at radius 1 is 1.07 bits per heavy atom. The van der Waals surface area contributed by atoms with E-state index in [0.29, 0.717) is 0 Å². The molecule has 2 aromatic carbocycles. The topological polar surface area (TPSA) is 188 Å². The van der Waals surface area contributed by atoms with E-state index in [1.807, 2.05) is 0 Å². The lowest BCUT2D eigenvalue weighted by atomic mass is 9.57. The van der Waals surface area contributed by atoms with Crippen molar-refractivity contribution in [3.05, 3.63) is 81.1 Å². The monoisotopic (exact) mass is 568 g/mol. The first-order chi connectivity index (χ1) is 18.8. The predicted octanol–water partition coefficient (Wildman–Crippen LogP) is 1.97. The van der Waals surface area contributed by atoms with Crippen molar-refractivity contribution in [2.45, 2.75) is 24.2 Å². The van der Waals surface area contributed by atoms with E-state index in [4.69, 9.17) is 22.1 Å². The van der Waals surface area contributed by atoms with Crippen molar-refractivity contribution >= 4 is 40.8 Å². The SMILES string of the molecule is CN(C)[C@@H]1C(=O)C(C(N)=O)=C(O)[C@@]2(O)C(=O)C3=C(O)c4c(O)ccc(Cl)c4[C@H](OC(=O)c4ccccc4)[C@H]3C[C@@H]12. The van der Waals surface area contributed by atoms with Crippen LogP contribution in [-0.2, 0) is 19.1 Å². The normalized spacial score (nSPS) is 27.7. The number of phenols is 1. The van der Waals surface area contributed by atoms with Gasteiger partial charge in [0.15, 0.2) is 11.4 Å². The number of aliphatic hydroxyl groups is 3. The number of esters is 1. The first-order valence-corrected chi connectivity index (χ1v) is 12.6. The van der Waals surface area contributed by atoms with E-state index >= 15 is 0 Å². The highest BCUT2D eigenvalue weighted by molar-refractivity contribution is 6.32. The Morgan fingerprint density at radius 3 is 2.33 bits per heavy atom. The van der Waals surface area contributed by atoms with Crippen LogP contribution in [0.25, 0.3) is 5.76 Å². The molecular weight excluding hydrogens is 544 g/mol. The van der Waals surface area contributed by atoms with Gasteiger partial charge in [0.2, 0.25) is 5.78 Å². The van der Waals surface area contributed by atoms with Crippen LogP contribution in [0.4, 0.5) is 0 Å². The molecule has 0 bridgehead atoms. The number of nitrogens with two attached hydrogens (primary N) is 1. The molecule has 0 heterocycles. The van der Waals surface area contributed by atoms with Crippen LogP contribution in [0, 0.1) is 11.8 Å². The molecule has 11 nitrogen and oxygen atoms in total. The first-order valence-electron chi connectivity index (χ1n) is 12.2. The molecular formula is C28H25ClN2O9. The van der Waals surface area contributed by atoms with Gasteiger partial charge in [-0.15, -0.1) is 0 Å². The zero-order valence-electron chi connectivity index (χ0n) is 21.3. The van der Waals surface area contributed by atoms with Crippen molar-refractivity contribution < 1.29 is 44.3 Å². The van der Waals surface area contributed by atoms with Crippen LogP contribution in [0.1, 0.15) is 34.0 Å². The van der Waals surface area contributed by atoms with Crippen LogP contribution in [-0.4, -0.2) is 74.5 Å². The summed E-state index contributed by atoms with van der Waals surface area (Å²) < 4.78 is 5.87. The number of halogens is 1. The van der Waals surface area contributed by atoms with Gasteiger partial charge in [-0.25, -0.2) is 4.79 Å². The lowest BCUT2D eigenvalue weighted by Crippen LogP contribution is -2.66. The Labute approximate surface area is 232 Å². The zero-order chi connectivity index (χ0) is 29.3. The molecule has 0 aromatic heterocycles. The number of fused-ring (bicyclic) bond motifs is 3. The number of amides is 1. The number of ether oxygens (including phenoxy) is 1. The molecule has 208 valence electrons. The smallest absolute Gasteiger partial charge is 0.338 e. The van der Waals surface area contributed by atoms with Gasteiger partial charge in [-0.1, -0.05) is 29.8 Å². The average Bonchev–Trinajstić information content (AvgIpc) is 2.90. The number of carbonyl (C=O) groups excluding carboxylic acids is 4. The summed E-state index contributed by atoms with van der Waals surface area (Å²) in [6.45, 7) is 0. The van der Waals surface area contributed by atoms with Crippen molar-refractivity contribution in [2.24, 2.45) is 17.6 Å². The van der Waals surface area contributed by atoms with Gasteiger partial charge in [0.25, 0.3) is 5.91 Å². The third-order valence-electron chi connectivity index (χ3n) is 7.86. The second kappa shape index (κ2) is 9.47. The van der Waals surface area contributed by atoms with Crippen LogP contribution < -0.4 is 5.73 Å². The lowest BCUT2D eigenvalue weighted by Gasteiger charge is -2.51. The number of hydrogen-bond donors (Lipinski definition) is 5. The number of Topliss-reactive ketones (excluding diaryl/α,β-unsaturated/α-hetero) is 2. The van der Waals surface area contributed by atoms with Crippen LogP contribution in [0.3, 0.4) is 0 Å². The summed E-state index contributed by atoms with van der Waals surface area (Å²) in [5, 5.41) is 44.7. The molecule has 0 unspecified atom stereocenters. The van der Waals surface area contributed by atoms with Crippen LogP contribution >= 0.6 is 11.6 Å². The van der Waals surface area contributed by atoms with Crippen molar-refractivity contribution in [1.29, 1.82) is 0 Å². The third kappa shape index (κ3) is 3.73. The molecule has 5 atom stereocenters. The predicted molar refractivity (Wildman–Crippen MR) is 140 cm³/mol. The molecule has 3 aliphatic rings. The van der Waals surface area contributed by atoms with Crippen LogP contribution in [0.15, 0.2) is 59.4 Å². The van der Waals surface area contributed by atoms with Crippen LogP contribution in [0.5, 0.6) is 5.75 Å². The quantitative estimate of drug-likeness (QED) is 0.269. The summed E-state index contributed by atoms with van der Waals surface area (Å²) in [5.41, 5.74) is 0.994. The van der Waals surface area contributed by atoms with E-state index < -0.39 is 81.4 Å². The highest BCUT2D eigenvalue weighted by atomic mass is 35.5. The van der Waals surface area contributed by atoms with Gasteiger partial charge < -0.3 is 30.9 Å². The first kappa shape index (κ1) is 27.4. The van der Waals surface area contributed by atoms with Crippen molar-refractivity contribution in [3.8, 4) is 5.75 Å². The van der Waals surface area contributed by atoms with Gasteiger partial charge in [0.1, 0.15) is 28.9 Å². The van der Waals surface area contributed by atoms with Crippen molar-refractivity contribution in [2.75, 3.05) is 14.1 Å². The molecule has 0 spiro atoms. The largest absolute Gasteiger partial charge is 0.508 e. The van der Waals surface area contributed by atoms with Gasteiger partial charge in [-0.05, 0) is 44.8 Å². The maximum Gasteiger partial charge on any atom is 0.338 e. The van der Waals surface area contributed by atoms with Gasteiger partial charge in [-0.3, -0.25) is 19.3 Å². The minimum absolute atomic E-state index is 0.0141. The summed E-state index contributed by atoms with van der Waals surface area (Å²) in [5.74, 6) is -9.29. The number of nitrogens with zero attached hydrogens (tertiary/aromatic N) is 1. The molecule has 1 fully saturated rings. The second-order valence-corrected chi connectivity index (χ2v) is 10.6. The van der Waals surface area contributed by atoms with Crippen molar-refractivity contribution in [3.63, 3.8) is 0 Å². The fraction of sp³-hybridized carbons (Fsp3) is 0.286. The maximum absolute atomic E-state index is 14.1. The molecule has 6 N–H and O–H groups in total. The Balaban J connectivity index is 1.76. The van der Waals surface area contributed by atoms with E-state index in [1.165, 1.54) is 43.3 Å². The maximum atomic E-state index is 14.1. The van der Waals surface area contributed by atoms with Gasteiger partial charge in [0, 0.05) is 28.0 Å². The standard InChI is InChI=1S/C28H25ClN2O9/c1-31(2)20-13-10-12-16(24(35)28(13,39)25(36)19(22(20)34)26(30)37)21(33)18-15(32)9-8-14(29)17(18)23(12)40-27(38)11-6-4-3-5-7-11/h3-9,12-13,20,23,32-33,36,39H,10H2,1-2H3,(H2,30,37)/t12-,13-,20-,23+,28-/m0/s1. The minimum atomic E-state index is -2.84. The number of aliphatic hydroxyl groups excluding tert-OH is 2. The minimum Gasteiger partial charge on any atom is -0.508 e. The highest BCUT2D eigenvalue weighted by Crippen LogP contribution is 2.57. The van der Waals surface area contributed by atoms with Gasteiger partial charge in [-0.2, -0.15) is 0 Å². The number of likely N-dealkylation sites (N-methyl/N-ethyl adjacent to an activating group) is 1. The number of hydrogen-bond acceptors (Lipinski definition) is 10. The summed E-state index contributed by atoms with van der Waals surface area (Å²) >= 11 is 6.48. The molecule has 12 heteroatoms. The van der Waals surface area contributed by atoms with Crippen molar-refractivity contribution in [1.82, 2.24) is 4.90 Å². The summed E-state index contributed by atoms with van der Waals surface area (Å²) in [6, 6.07) is 9.14. The van der Waals surface area contributed by atoms with E-state index in [2.05, 4.69) is 0 Å². The zero-order valence-corrected chi connectivity index (χ0v) is 22.0.